The zero-order chi connectivity index (χ0) is 11.8. The van der Waals surface area contributed by atoms with E-state index in [1.54, 1.807) is 6.07 Å². The molecule has 0 heterocycles. The molecular formula is C14H23NO. The summed E-state index contributed by atoms with van der Waals surface area (Å²) in [5, 5.41) is 12.9. The van der Waals surface area contributed by atoms with Crippen LogP contribution in [-0.2, 0) is 6.42 Å². The number of aromatic hydroxyl groups is 1. The van der Waals surface area contributed by atoms with Crippen molar-refractivity contribution in [2.75, 3.05) is 6.54 Å². The lowest BCUT2D eigenvalue weighted by molar-refractivity contribution is 0.463. The number of hydrogen-bond donors (Lipinski definition) is 2. The first kappa shape index (κ1) is 13.0. The predicted octanol–water partition coefficient (Wildman–Crippen LogP) is 3.10. The van der Waals surface area contributed by atoms with E-state index >= 15 is 0 Å². The Morgan fingerprint density at radius 2 is 2.12 bits per heavy atom. The molecule has 2 heteroatoms. The molecule has 2 nitrogen and oxygen atoms in total. The summed E-state index contributed by atoms with van der Waals surface area (Å²) < 4.78 is 0. The third-order valence-corrected chi connectivity index (χ3v) is 2.87. The van der Waals surface area contributed by atoms with E-state index in [0.717, 1.165) is 19.4 Å². The van der Waals surface area contributed by atoms with Crippen LogP contribution in [0.15, 0.2) is 24.3 Å². The van der Waals surface area contributed by atoms with Crippen molar-refractivity contribution in [3.63, 3.8) is 0 Å². The third kappa shape index (κ3) is 4.67. The summed E-state index contributed by atoms with van der Waals surface area (Å²) in [5.74, 6) is 0.368. The van der Waals surface area contributed by atoms with E-state index in [2.05, 4.69) is 25.2 Å². The second-order valence-corrected chi connectivity index (χ2v) is 4.27. The maximum atomic E-state index is 9.36. The van der Waals surface area contributed by atoms with Gasteiger partial charge in [-0.3, -0.25) is 0 Å². The van der Waals surface area contributed by atoms with Crippen LogP contribution in [0.4, 0.5) is 0 Å². The van der Waals surface area contributed by atoms with Crippen LogP contribution in [0.2, 0.25) is 0 Å². The van der Waals surface area contributed by atoms with Crippen LogP contribution in [0.25, 0.3) is 0 Å². The summed E-state index contributed by atoms with van der Waals surface area (Å²) in [6.07, 6.45) is 4.52. The van der Waals surface area contributed by atoms with Gasteiger partial charge in [0, 0.05) is 6.04 Å². The Morgan fingerprint density at radius 3 is 2.75 bits per heavy atom. The van der Waals surface area contributed by atoms with Gasteiger partial charge in [-0.15, -0.1) is 0 Å². The average Bonchev–Trinajstić information content (AvgIpc) is 2.29. The highest BCUT2D eigenvalue weighted by atomic mass is 16.3. The number of benzene rings is 1. The van der Waals surface area contributed by atoms with Crippen molar-refractivity contribution < 1.29 is 5.11 Å². The average molecular weight is 221 g/mol. The first-order chi connectivity index (χ1) is 7.76. The number of phenols is 1. The zero-order valence-corrected chi connectivity index (χ0v) is 10.4. The van der Waals surface area contributed by atoms with E-state index in [1.807, 2.05) is 12.1 Å². The minimum Gasteiger partial charge on any atom is -0.508 e. The summed E-state index contributed by atoms with van der Waals surface area (Å²) in [5.41, 5.74) is 1.22. The maximum Gasteiger partial charge on any atom is 0.115 e. The summed E-state index contributed by atoms with van der Waals surface area (Å²) in [4.78, 5) is 0. The molecule has 1 rings (SSSR count). The SMILES string of the molecule is CCCN[C@H](CC)CCc1cccc(O)c1. The van der Waals surface area contributed by atoms with E-state index in [-0.39, 0.29) is 0 Å². The lowest BCUT2D eigenvalue weighted by atomic mass is 10.0. The quantitative estimate of drug-likeness (QED) is 0.741. The van der Waals surface area contributed by atoms with Crippen LogP contribution in [0.1, 0.15) is 38.7 Å². The molecule has 0 saturated heterocycles. The van der Waals surface area contributed by atoms with E-state index < -0.39 is 0 Å². The van der Waals surface area contributed by atoms with Gasteiger partial charge >= 0.3 is 0 Å². The highest BCUT2D eigenvalue weighted by molar-refractivity contribution is 5.27. The van der Waals surface area contributed by atoms with Crippen molar-refractivity contribution in [2.24, 2.45) is 0 Å². The molecule has 1 aromatic rings. The largest absolute Gasteiger partial charge is 0.508 e. The zero-order valence-electron chi connectivity index (χ0n) is 10.4. The Morgan fingerprint density at radius 1 is 1.31 bits per heavy atom. The molecule has 0 spiro atoms. The number of nitrogens with one attached hydrogen (secondary N) is 1. The number of aryl methyl sites for hydroxylation is 1. The molecule has 1 atom stereocenters. The Labute approximate surface area is 98.7 Å². The summed E-state index contributed by atoms with van der Waals surface area (Å²) in [7, 11) is 0. The molecule has 0 bridgehead atoms. The minimum atomic E-state index is 0.368. The van der Waals surface area contributed by atoms with Gasteiger partial charge in [0.25, 0.3) is 0 Å². The van der Waals surface area contributed by atoms with Gasteiger partial charge in [-0.25, -0.2) is 0 Å². The summed E-state index contributed by atoms with van der Waals surface area (Å²) in [6.45, 7) is 5.50. The van der Waals surface area contributed by atoms with Gasteiger partial charge in [0.1, 0.15) is 5.75 Å². The Kier molecular flexibility index (Phi) is 5.94. The van der Waals surface area contributed by atoms with Crippen molar-refractivity contribution in [3.8, 4) is 5.75 Å². The Balaban J connectivity index is 2.37. The van der Waals surface area contributed by atoms with Crippen LogP contribution in [0.3, 0.4) is 0 Å². The number of rotatable bonds is 7. The van der Waals surface area contributed by atoms with Gasteiger partial charge < -0.3 is 10.4 Å². The van der Waals surface area contributed by atoms with Crippen LogP contribution in [0.5, 0.6) is 5.75 Å². The van der Waals surface area contributed by atoms with Gasteiger partial charge in [0.2, 0.25) is 0 Å². The summed E-state index contributed by atoms with van der Waals surface area (Å²) >= 11 is 0. The maximum absolute atomic E-state index is 9.36. The van der Waals surface area contributed by atoms with Crippen LogP contribution in [0, 0.1) is 0 Å². The molecule has 0 aliphatic rings. The van der Waals surface area contributed by atoms with E-state index in [1.165, 1.54) is 18.4 Å². The molecule has 0 aliphatic heterocycles. The smallest absolute Gasteiger partial charge is 0.115 e. The third-order valence-electron chi connectivity index (χ3n) is 2.87. The lowest BCUT2D eigenvalue weighted by Gasteiger charge is -2.16. The Hall–Kier alpha value is -1.02. The van der Waals surface area contributed by atoms with Crippen molar-refractivity contribution in [3.05, 3.63) is 29.8 Å². The molecule has 0 radical (unpaired) electrons. The fourth-order valence-corrected chi connectivity index (χ4v) is 1.85. The molecule has 0 amide bonds. The molecule has 0 aromatic heterocycles. The van der Waals surface area contributed by atoms with E-state index in [0.29, 0.717) is 11.8 Å². The number of phenolic OH excluding ortho intramolecular Hbond substituents is 1. The molecule has 0 aliphatic carbocycles. The molecule has 0 unspecified atom stereocenters. The topological polar surface area (TPSA) is 32.3 Å². The predicted molar refractivity (Wildman–Crippen MR) is 68.8 cm³/mol. The highest BCUT2D eigenvalue weighted by Gasteiger charge is 2.05. The van der Waals surface area contributed by atoms with Crippen LogP contribution < -0.4 is 5.32 Å². The molecule has 1 aromatic carbocycles. The molecule has 16 heavy (non-hydrogen) atoms. The first-order valence-electron chi connectivity index (χ1n) is 6.27. The minimum absolute atomic E-state index is 0.368. The van der Waals surface area contributed by atoms with Crippen LogP contribution >= 0.6 is 0 Å². The fraction of sp³-hybridized carbons (Fsp3) is 0.571. The lowest BCUT2D eigenvalue weighted by Crippen LogP contribution is -2.29. The standard InChI is InChI=1S/C14H23NO/c1-3-10-15-13(4-2)9-8-12-6-5-7-14(16)11-12/h5-7,11,13,15-16H,3-4,8-10H2,1-2H3/t13-/m1/s1. The van der Waals surface area contributed by atoms with Gasteiger partial charge in [-0.1, -0.05) is 26.0 Å². The highest BCUT2D eigenvalue weighted by Crippen LogP contribution is 2.13. The van der Waals surface area contributed by atoms with E-state index in [4.69, 9.17) is 0 Å². The summed E-state index contributed by atoms with van der Waals surface area (Å²) in [6, 6.07) is 8.15. The normalized spacial score (nSPS) is 12.6. The molecule has 2 N–H and O–H groups in total. The van der Waals surface area contributed by atoms with Gasteiger partial charge in [-0.2, -0.15) is 0 Å². The van der Waals surface area contributed by atoms with Crippen molar-refractivity contribution in [1.29, 1.82) is 0 Å². The fourth-order valence-electron chi connectivity index (χ4n) is 1.85. The molecular weight excluding hydrogens is 198 g/mol. The molecule has 0 saturated carbocycles. The first-order valence-corrected chi connectivity index (χ1v) is 6.27. The second-order valence-electron chi connectivity index (χ2n) is 4.27. The van der Waals surface area contributed by atoms with Gasteiger partial charge in [-0.05, 0) is 49.9 Å². The van der Waals surface area contributed by atoms with Crippen molar-refractivity contribution >= 4 is 0 Å². The number of hydrogen-bond acceptors (Lipinski definition) is 2. The van der Waals surface area contributed by atoms with Crippen LogP contribution in [-0.4, -0.2) is 17.7 Å². The van der Waals surface area contributed by atoms with E-state index in [9.17, 15) is 5.11 Å². The Bertz CT molecular complexity index is 299. The monoisotopic (exact) mass is 221 g/mol. The second kappa shape index (κ2) is 7.29. The van der Waals surface area contributed by atoms with Gasteiger partial charge in [0.05, 0.1) is 0 Å². The van der Waals surface area contributed by atoms with Crippen molar-refractivity contribution in [2.45, 2.75) is 45.6 Å². The van der Waals surface area contributed by atoms with Crippen molar-refractivity contribution in [1.82, 2.24) is 5.32 Å². The van der Waals surface area contributed by atoms with Gasteiger partial charge in [0.15, 0.2) is 0 Å². The molecule has 90 valence electrons. The molecule has 0 fully saturated rings.